The van der Waals surface area contributed by atoms with Gasteiger partial charge in [0.1, 0.15) is 5.82 Å². The number of halogens is 1. The van der Waals surface area contributed by atoms with E-state index in [4.69, 9.17) is 0 Å². The molecule has 1 aliphatic heterocycles. The van der Waals surface area contributed by atoms with Crippen LogP contribution in [0.1, 0.15) is 30.4 Å². The molecule has 1 N–H and O–H groups in total. The highest BCUT2D eigenvalue weighted by atomic mass is 32.2. The van der Waals surface area contributed by atoms with Crippen molar-refractivity contribution in [2.45, 2.75) is 24.2 Å². The Morgan fingerprint density at radius 2 is 1.66 bits per heavy atom. The predicted octanol–water partition coefficient (Wildman–Crippen LogP) is 5.24. The van der Waals surface area contributed by atoms with E-state index in [9.17, 15) is 17.6 Å². The summed E-state index contributed by atoms with van der Waals surface area (Å²) in [6, 6.07) is 14.0. The summed E-state index contributed by atoms with van der Waals surface area (Å²) < 4.78 is 40.4. The molecule has 5 nitrogen and oxygen atoms in total. The lowest BCUT2D eigenvalue weighted by Gasteiger charge is -2.25. The Kier molecular flexibility index (Phi) is 6.83. The molecule has 0 aliphatic carbocycles. The van der Waals surface area contributed by atoms with Gasteiger partial charge in [0.15, 0.2) is 0 Å². The molecule has 2 aromatic carbocycles. The van der Waals surface area contributed by atoms with Crippen LogP contribution in [0.2, 0.25) is 0 Å². The van der Waals surface area contributed by atoms with E-state index in [-0.39, 0.29) is 16.6 Å². The maximum Gasteiger partial charge on any atom is 0.256 e. The zero-order valence-electron chi connectivity index (χ0n) is 17.3. The molecule has 2 heterocycles. The lowest BCUT2D eigenvalue weighted by Crippen LogP contribution is -2.35. The maximum absolute atomic E-state index is 13.2. The fourth-order valence-corrected chi connectivity index (χ4v) is 5.76. The second-order valence-electron chi connectivity index (χ2n) is 7.56. The fraction of sp³-hybridized carbons (Fsp3) is 0.208. The molecule has 0 unspecified atom stereocenters. The first-order valence-electron chi connectivity index (χ1n) is 10.3. The number of anilines is 1. The van der Waals surface area contributed by atoms with Gasteiger partial charge in [0, 0.05) is 24.4 Å². The molecule has 0 spiro atoms. The van der Waals surface area contributed by atoms with Crippen LogP contribution in [0.25, 0.3) is 11.6 Å². The van der Waals surface area contributed by atoms with Crippen LogP contribution in [0.4, 0.5) is 10.1 Å². The second kappa shape index (κ2) is 9.77. The highest BCUT2D eigenvalue weighted by Gasteiger charge is 2.25. The Morgan fingerprint density at radius 1 is 0.969 bits per heavy atom. The molecule has 1 aliphatic rings. The van der Waals surface area contributed by atoms with Gasteiger partial charge in [-0.1, -0.05) is 18.6 Å². The van der Waals surface area contributed by atoms with Crippen LogP contribution in [0.15, 0.2) is 70.3 Å². The smallest absolute Gasteiger partial charge is 0.256 e. The third-order valence-electron chi connectivity index (χ3n) is 5.32. The van der Waals surface area contributed by atoms with Crippen LogP contribution < -0.4 is 5.32 Å². The number of benzene rings is 2. The van der Waals surface area contributed by atoms with Gasteiger partial charge in [0.25, 0.3) is 5.91 Å². The molecular weight excluding hydrogens is 447 g/mol. The predicted molar refractivity (Wildman–Crippen MR) is 126 cm³/mol. The topological polar surface area (TPSA) is 66.5 Å². The van der Waals surface area contributed by atoms with E-state index in [2.05, 4.69) is 5.32 Å². The highest BCUT2D eigenvalue weighted by Crippen LogP contribution is 2.25. The number of nitrogens with zero attached hydrogens (tertiary/aromatic N) is 1. The molecule has 1 amide bonds. The zero-order chi connectivity index (χ0) is 22.6. The van der Waals surface area contributed by atoms with Crippen LogP contribution in [0.5, 0.6) is 0 Å². The van der Waals surface area contributed by atoms with Crippen molar-refractivity contribution in [1.29, 1.82) is 0 Å². The molecule has 32 heavy (non-hydrogen) atoms. The summed E-state index contributed by atoms with van der Waals surface area (Å²) >= 11 is 1.47. The SMILES string of the molecule is O=C(Nc1ccc(S(=O)(=O)N2CCCCC2)cc1)C(=Cc1ccc(F)cc1)c1ccsc1. The summed E-state index contributed by atoms with van der Waals surface area (Å²) in [7, 11) is -3.52. The number of nitrogens with one attached hydrogen (secondary N) is 1. The first-order chi connectivity index (χ1) is 15.4. The summed E-state index contributed by atoms with van der Waals surface area (Å²) in [6.07, 6.45) is 4.50. The molecule has 1 fully saturated rings. The van der Waals surface area contributed by atoms with E-state index in [1.165, 1.54) is 39.9 Å². The first-order valence-corrected chi connectivity index (χ1v) is 12.7. The number of carbonyl (C=O) groups excluding carboxylic acids is 1. The average molecular weight is 471 g/mol. The van der Waals surface area contributed by atoms with Gasteiger partial charge in [-0.25, -0.2) is 12.8 Å². The van der Waals surface area contributed by atoms with Gasteiger partial charge in [-0.3, -0.25) is 4.79 Å². The minimum absolute atomic E-state index is 0.220. The standard InChI is InChI=1S/C24H23FN2O3S2/c25-20-6-4-18(5-7-20)16-23(19-12-15-31-17-19)24(28)26-21-8-10-22(11-9-21)32(29,30)27-13-2-1-3-14-27/h4-12,15-17H,1-3,13-14H2,(H,26,28). The van der Waals surface area contributed by atoms with E-state index in [0.717, 1.165) is 24.8 Å². The molecule has 1 aromatic heterocycles. The van der Waals surface area contributed by atoms with E-state index in [1.54, 1.807) is 30.3 Å². The van der Waals surface area contributed by atoms with E-state index in [1.807, 2.05) is 16.8 Å². The Morgan fingerprint density at radius 3 is 2.28 bits per heavy atom. The van der Waals surface area contributed by atoms with Crippen LogP contribution in [-0.4, -0.2) is 31.7 Å². The number of piperidine rings is 1. The van der Waals surface area contributed by atoms with Gasteiger partial charge in [-0.2, -0.15) is 15.6 Å². The number of carbonyl (C=O) groups is 1. The fourth-order valence-electron chi connectivity index (χ4n) is 3.59. The summed E-state index contributed by atoms with van der Waals surface area (Å²) in [5, 5.41) is 6.58. The maximum atomic E-state index is 13.2. The van der Waals surface area contributed by atoms with Gasteiger partial charge >= 0.3 is 0 Å². The quantitative estimate of drug-likeness (QED) is 0.501. The molecule has 4 rings (SSSR count). The summed E-state index contributed by atoms with van der Waals surface area (Å²) in [6.45, 7) is 1.08. The van der Waals surface area contributed by atoms with Crippen molar-refractivity contribution in [3.05, 3.63) is 82.3 Å². The largest absolute Gasteiger partial charge is 0.322 e. The molecule has 3 aromatic rings. The summed E-state index contributed by atoms with van der Waals surface area (Å²) in [5.41, 5.74) is 2.38. The Hall–Kier alpha value is -2.81. The Bertz CT molecular complexity index is 1200. The number of thiophene rings is 1. The Labute approximate surface area is 191 Å². The second-order valence-corrected chi connectivity index (χ2v) is 10.3. The van der Waals surface area contributed by atoms with Crippen LogP contribution in [-0.2, 0) is 14.8 Å². The minimum Gasteiger partial charge on any atom is -0.322 e. The van der Waals surface area contributed by atoms with Gasteiger partial charge in [0.05, 0.1) is 4.90 Å². The van der Waals surface area contributed by atoms with Crippen LogP contribution in [0.3, 0.4) is 0 Å². The van der Waals surface area contributed by atoms with Crippen molar-refractivity contribution in [2.75, 3.05) is 18.4 Å². The number of hydrogen-bond acceptors (Lipinski definition) is 4. The van der Waals surface area contributed by atoms with E-state index < -0.39 is 10.0 Å². The molecule has 0 bridgehead atoms. The first kappa shape index (κ1) is 22.4. The number of rotatable bonds is 6. The van der Waals surface area contributed by atoms with Crippen molar-refractivity contribution in [3.63, 3.8) is 0 Å². The average Bonchev–Trinajstić information content (AvgIpc) is 3.34. The van der Waals surface area contributed by atoms with E-state index in [0.29, 0.717) is 29.9 Å². The molecule has 0 saturated carbocycles. The van der Waals surface area contributed by atoms with Gasteiger partial charge in [-0.15, -0.1) is 0 Å². The Balaban J connectivity index is 1.54. The number of hydrogen-bond donors (Lipinski definition) is 1. The van der Waals surface area contributed by atoms with Crippen LogP contribution in [0, 0.1) is 5.82 Å². The number of sulfonamides is 1. The van der Waals surface area contributed by atoms with Gasteiger partial charge in [0.2, 0.25) is 10.0 Å². The lowest BCUT2D eigenvalue weighted by molar-refractivity contribution is -0.111. The molecule has 1 saturated heterocycles. The van der Waals surface area contributed by atoms with Gasteiger partial charge in [-0.05, 0) is 83.3 Å². The normalized spacial score (nSPS) is 15.5. The van der Waals surface area contributed by atoms with Gasteiger partial charge < -0.3 is 5.32 Å². The molecule has 0 atom stereocenters. The van der Waals surface area contributed by atoms with E-state index >= 15 is 0 Å². The summed E-state index contributed by atoms with van der Waals surface area (Å²) in [4.78, 5) is 13.3. The molecular formula is C24H23FN2O3S2. The third-order valence-corrected chi connectivity index (χ3v) is 7.92. The highest BCUT2D eigenvalue weighted by molar-refractivity contribution is 7.89. The molecule has 166 valence electrons. The monoisotopic (exact) mass is 470 g/mol. The van der Waals surface area contributed by atoms with Crippen molar-refractivity contribution in [2.24, 2.45) is 0 Å². The summed E-state index contributed by atoms with van der Waals surface area (Å²) in [5.74, 6) is -0.678. The molecule has 0 radical (unpaired) electrons. The molecule has 8 heteroatoms. The van der Waals surface area contributed by atoms with Crippen molar-refractivity contribution >= 4 is 44.6 Å². The third kappa shape index (κ3) is 5.15. The lowest BCUT2D eigenvalue weighted by atomic mass is 10.0. The minimum atomic E-state index is -3.52. The van der Waals surface area contributed by atoms with Crippen molar-refractivity contribution in [3.8, 4) is 0 Å². The van der Waals surface area contributed by atoms with Crippen LogP contribution >= 0.6 is 11.3 Å². The zero-order valence-corrected chi connectivity index (χ0v) is 19.0. The van der Waals surface area contributed by atoms with Crippen molar-refractivity contribution < 1.29 is 17.6 Å². The number of amides is 1. The van der Waals surface area contributed by atoms with Crippen molar-refractivity contribution in [1.82, 2.24) is 4.31 Å².